The van der Waals surface area contributed by atoms with Gasteiger partial charge < -0.3 is 33.5 Å². The van der Waals surface area contributed by atoms with E-state index in [1.54, 1.807) is 15.5 Å². The molecule has 0 unspecified atom stereocenters. The number of rotatable bonds is 14. The highest BCUT2D eigenvalue weighted by molar-refractivity contribution is 6.35. The van der Waals surface area contributed by atoms with E-state index in [1.807, 2.05) is 120 Å². The smallest absolute Gasteiger partial charge is 0.352 e. The monoisotopic (exact) mass is 889 g/mol. The van der Waals surface area contributed by atoms with Crippen LogP contribution in [0.2, 0.25) is 10.0 Å². The Morgan fingerprint density at radius 3 is 2.30 bits per heavy atom. The van der Waals surface area contributed by atoms with Gasteiger partial charge in [-0.15, -0.1) is 0 Å². The molecule has 0 spiro atoms. The zero-order chi connectivity index (χ0) is 45.0. The minimum Gasteiger partial charge on any atom is -0.494 e. The minimum absolute atomic E-state index is 0.0832. The summed E-state index contributed by atoms with van der Waals surface area (Å²) in [7, 11) is 5.87. The lowest BCUT2D eigenvalue weighted by molar-refractivity contribution is 0.0686. The summed E-state index contributed by atoms with van der Waals surface area (Å²) in [6.07, 6.45) is 1.15. The summed E-state index contributed by atoms with van der Waals surface area (Å²) < 4.78 is 18.4. The van der Waals surface area contributed by atoms with Gasteiger partial charge in [0.15, 0.2) is 0 Å². The van der Waals surface area contributed by atoms with Gasteiger partial charge in [-0.1, -0.05) is 35.3 Å². The molecule has 0 aliphatic carbocycles. The zero-order valence-electron chi connectivity index (χ0n) is 37.3. The van der Waals surface area contributed by atoms with Crippen LogP contribution in [0.5, 0.6) is 11.5 Å². The second-order valence-corrected chi connectivity index (χ2v) is 17.8. The number of fused-ring (bicyclic) bond motifs is 4. The lowest BCUT2D eigenvalue weighted by atomic mass is 9.98. The Labute approximate surface area is 377 Å². The number of carboxylic acid groups (broad SMARTS) is 1. The number of nitrogens with zero attached hydrogens (tertiary/aromatic N) is 7. The maximum atomic E-state index is 15.7. The number of carbonyl (C=O) groups excluding carboxylic acids is 1. The standard InChI is InChI=1S/C49H53Cl2N7O5/c1-27-20-35(21-28(2)44(27)51)62-18-11-14-37-38-15-16-39(50)43(42-31(5)53-55(9)32(42)6)46(38)58-30(4)25-57(48(59)47(37)58)40-24-36(63-19-17-54(7)8)22-33-23-41(49(60)61)56(45(33)40)26-34-13-10-12-29(3)52-34/h10,12-13,15-16,20-24,30H,11,14,17-19,25-26H2,1-9H3,(H,60,61)/t30-/m1/s1. The van der Waals surface area contributed by atoms with Crippen molar-refractivity contribution >= 4 is 62.6 Å². The first-order chi connectivity index (χ1) is 30.0. The summed E-state index contributed by atoms with van der Waals surface area (Å²) in [5.41, 5.74) is 10.5. The highest BCUT2D eigenvalue weighted by atomic mass is 35.5. The number of pyridine rings is 1. The van der Waals surface area contributed by atoms with Crippen molar-refractivity contribution < 1.29 is 24.2 Å². The van der Waals surface area contributed by atoms with Crippen molar-refractivity contribution in [1.29, 1.82) is 0 Å². The summed E-state index contributed by atoms with van der Waals surface area (Å²) >= 11 is 13.7. The molecule has 14 heteroatoms. The SMILES string of the molecule is Cc1cccc(Cn2c(C(=O)O)cc3cc(OCCN(C)C)cc(N4C[C@@H](C)n5c(c(CCCOc6cc(C)c(Cl)c(C)c6)c6ccc(Cl)c(-c7c(C)nn(C)c7C)c65)C4=O)c32)n1. The van der Waals surface area contributed by atoms with Gasteiger partial charge in [0, 0.05) is 70.6 Å². The molecule has 12 nitrogen and oxygen atoms in total. The quantitative estimate of drug-likeness (QED) is 0.107. The molecule has 7 aromatic rings. The molecular weight excluding hydrogens is 837 g/mol. The molecule has 8 rings (SSSR count). The van der Waals surface area contributed by atoms with E-state index >= 15 is 4.79 Å². The maximum absolute atomic E-state index is 15.7. The first kappa shape index (κ1) is 43.8. The average Bonchev–Trinajstić information content (AvgIpc) is 3.84. The summed E-state index contributed by atoms with van der Waals surface area (Å²) in [5.74, 6) is -0.0182. The Hall–Kier alpha value is -5.82. The third-order valence-electron chi connectivity index (χ3n) is 12.1. The second kappa shape index (κ2) is 17.4. The fourth-order valence-electron chi connectivity index (χ4n) is 9.13. The van der Waals surface area contributed by atoms with Gasteiger partial charge in [-0.05, 0) is 128 Å². The van der Waals surface area contributed by atoms with Gasteiger partial charge in [0.05, 0.1) is 46.3 Å². The summed E-state index contributed by atoms with van der Waals surface area (Å²) in [6, 6.07) is 18.7. The molecule has 0 bridgehead atoms. The Kier molecular flexibility index (Phi) is 12.1. The third kappa shape index (κ3) is 8.16. The number of ether oxygens (including phenoxy) is 2. The van der Waals surface area contributed by atoms with E-state index in [0.29, 0.717) is 71.4 Å². The Balaban J connectivity index is 1.31. The number of aromatic nitrogens is 5. The Morgan fingerprint density at radius 1 is 0.921 bits per heavy atom. The normalized spacial score (nSPS) is 14.1. The zero-order valence-corrected chi connectivity index (χ0v) is 38.8. The number of aryl methyl sites for hydroxylation is 6. The molecule has 0 radical (unpaired) electrons. The van der Waals surface area contributed by atoms with Crippen LogP contribution in [-0.2, 0) is 20.0 Å². The number of carboxylic acids is 1. The molecule has 1 aliphatic rings. The van der Waals surface area contributed by atoms with Crippen molar-refractivity contribution in [1.82, 2.24) is 28.8 Å². The van der Waals surface area contributed by atoms with Crippen molar-refractivity contribution in [2.75, 3.05) is 45.3 Å². The first-order valence-electron chi connectivity index (χ1n) is 21.2. The maximum Gasteiger partial charge on any atom is 0.352 e. The highest BCUT2D eigenvalue weighted by Gasteiger charge is 2.38. The number of amides is 1. The van der Waals surface area contributed by atoms with Crippen LogP contribution in [0.25, 0.3) is 32.9 Å². The van der Waals surface area contributed by atoms with Gasteiger partial charge in [0.2, 0.25) is 0 Å². The van der Waals surface area contributed by atoms with Crippen LogP contribution in [-0.4, -0.2) is 86.2 Å². The van der Waals surface area contributed by atoms with Crippen molar-refractivity contribution in [2.45, 2.75) is 67.0 Å². The summed E-state index contributed by atoms with van der Waals surface area (Å²) in [5, 5.41) is 18.2. The number of anilines is 1. The van der Waals surface area contributed by atoms with Gasteiger partial charge in [0.25, 0.3) is 5.91 Å². The van der Waals surface area contributed by atoms with Crippen molar-refractivity contribution in [3.8, 4) is 22.6 Å². The van der Waals surface area contributed by atoms with Crippen LogP contribution >= 0.6 is 23.2 Å². The fraction of sp³-hybridized carbons (Fsp3) is 0.347. The van der Waals surface area contributed by atoms with E-state index in [9.17, 15) is 9.90 Å². The van der Waals surface area contributed by atoms with Crippen LogP contribution in [0.15, 0.2) is 60.7 Å². The van der Waals surface area contributed by atoms with Gasteiger partial charge >= 0.3 is 5.97 Å². The molecule has 0 fully saturated rings. The molecule has 0 saturated carbocycles. The van der Waals surface area contributed by atoms with E-state index in [-0.39, 0.29) is 30.7 Å². The van der Waals surface area contributed by atoms with Crippen LogP contribution in [0, 0.1) is 34.6 Å². The van der Waals surface area contributed by atoms with Crippen LogP contribution in [0.4, 0.5) is 5.69 Å². The summed E-state index contributed by atoms with van der Waals surface area (Å²) in [6.45, 7) is 13.9. The van der Waals surface area contributed by atoms with Crippen LogP contribution < -0.4 is 14.4 Å². The second-order valence-electron chi connectivity index (χ2n) is 17.0. The van der Waals surface area contributed by atoms with Crippen molar-refractivity contribution in [2.24, 2.45) is 7.05 Å². The van der Waals surface area contributed by atoms with E-state index in [4.69, 9.17) is 42.8 Å². The number of carbonyl (C=O) groups is 2. The third-order valence-corrected chi connectivity index (χ3v) is 13.0. The molecule has 1 aliphatic heterocycles. The lowest BCUT2D eigenvalue weighted by Gasteiger charge is -2.35. The number of hydrogen-bond donors (Lipinski definition) is 1. The van der Waals surface area contributed by atoms with Crippen LogP contribution in [0.1, 0.15) is 79.8 Å². The predicted octanol–water partition coefficient (Wildman–Crippen LogP) is 10.2. The molecule has 3 aromatic carbocycles. The Bertz CT molecular complexity index is 2920. The predicted molar refractivity (Wildman–Crippen MR) is 251 cm³/mol. The van der Waals surface area contributed by atoms with Gasteiger partial charge in [-0.2, -0.15) is 5.10 Å². The minimum atomic E-state index is -1.09. The fourth-order valence-corrected chi connectivity index (χ4v) is 9.48. The molecule has 1 N–H and O–H groups in total. The number of hydrogen-bond acceptors (Lipinski definition) is 7. The van der Waals surface area contributed by atoms with Gasteiger partial charge in [-0.25, -0.2) is 4.79 Å². The Morgan fingerprint density at radius 2 is 1.63 bits per heavy atom. The number of halogens is 2. The lowest BCUT2D eigenvalue weighted by Crippen LogP contribution is -2.43. The van der Waals surface area contributed by atoms with E-state index in [0.717, 1.165) is 66.6 Å². The summed E-state index contributed by atoms with van der Waals surface area (Å²) in [4.78, 5) is 37.3. The number of aromatic carboxylic acids is 1. The molecule has 5 heterocycles. The van der Waals surface area contributed by atoms with Crippen molar-refractivity contribution in [3.05, 3.63) is 122 Å². The number of likely N-dealkylation sites (N-methyl/N-ethyl adjacent to an activating group) is 1. The molecule has 0 saturated heterocycles. The topological polar surface area (TPSA) is 120 Å². The van der Waals surface area contributed by atoms with E-state index in [2.05, 4.69) is 11.5 Å². The highest BCUT2D eigenvalue weighted by Crippen LogP contribution is 2.46. The molecule has 4 aromatic heterocycles. The molecule has 1 amide bonds. The largest absolute Gasteiger partial charge is 0.494 e. The van der Waals surface area contributed by atoms with Gasteiger partial charge in [0.1, 0.15) is 29.5 Å². The first-order valence-corrected chi connectivity index (χ1v) is 22.0. The molecule has 63 heavy (non-hydrogen) atoms. The van der Waals surface area contributed by atoms with Crippen LogP contribution in [0.3, 0.4) is 0 Å². The molecule has 328 valence electrons. The average molecular weight is 891 g/mol. The van der Waals surface area contributed by atoms with E-state index < -0.39 is 5.97 Å². The van der Waals surface area contributed by atoms with E-state index in [1.165, 1.54) is 0 Å². The van der Waals surface area contributed by atoms with Crippen molar-refractivity contribution in [3.63, 3.8) is 0 Å². The number of benzene rings is 3. The molecule has 1 atom stereocenters. The molecular formula is C49H53Cl2N7O5. The van der Waals surface area contributed by atoms with Gasteiger partial charge in [-0.3, -0.25) is 14.5 Å².